The lowest BCUT2D eigenvalue weighted by molar-refractivity contribution is 0.711. The molecule has 0 aliphatic carbocycles. The summed E-state index contributed by atoms with van der Waals surface area (Å²) in [5.41, 5.74) is 5.11. The Balaban J connectivity index is 1.36. The third-order valence-corrected chi connectivity index (χ3v) is 6.18. The minimum atomic E-state index is 0.348. The first-order valence-corrected chi connectivity index (χ1v) is 10.6. The Morgan fingerprint density at radius 1 is 0.967 bits per heavy atom. The topological polar surface area (TPSA) is 73.8 Å². The Bertz CT molecular complexity index is 1190. The van der Waals surface area contributed by atoms with Gasteiger partial charge in [-0.25, -0.2) is 9.97 Å². The van der Waals surface area contributed by atoms with E-state index in [0.717, 1.165) is 73.0 Å². The van der Waals surface area contributed by atoms with E-state index in [9.17, 15) is 0 Å². The molecule has 5 heterocycles. The number of aryl methyl sites for hydroxylation is 1. The number of hydrogen-bond donors (Lipinski definition) is 1. The van der Waals surface area contributed by atoms with Crippen LogP contribution in [0.2, 0.25) is 0 Å². The van der Waals surface area contributed by atoms with Crippen molar-refractivity contribution in [3.05, 3.63) is 66.1 Å². The average Bonchev–Trinajstić information content (AvgIpc) is 3.46. The van der Waals surface area contributed by atoms with Gasteiger partial charge in [0, 0.05) is 19.3 Å². The molecule has 1 fully saturated rings. The van der Waals surface area contributed by atoms with E-state index in [1.807, 2.05) is 18.5 Å². The zero-order chi connectivity index (χ0) is 19.9. The molecule has 0 spiro atoms. The van der Waals surface area contributed by atoms with E-state index >= 15 is 0 Å². The van der Waals surface area contributed by atoms with Crippen molar-refractivity contribution in [2.24, 2.45) is 0 Å². The van der Waals surface area contributed by atoms with Crippen molar-refractivity contribution >= 4 is 28.5 Å². The van der Waals surface area contributed by atoms with Crippen LogP contribution < -0.4 is 9.80 Å². The summed E-state index contributed by atoms with van der Waals surface area (Å²) in [6.45, 7) is 1.90. The Morgan fingerprint density at radius 2 is 1.90 bits per heavy atom. The summed E-state index contributed by atoms with van der Waals surface area (Å²) >= 11 is 0. The van der Waals surface area contributed by atoms with E-state index in [2.05, 4.69) is 61.4 Å². The Kier molecular flexibility index (Phi) is 4.11. The van der Waals surface area contributed by atoms with Crippen LogP contribution in [0.1, 0.15) is 36.6 Å². The molecule has 1 saturated heterocycles. The molecule has 0 bridgehead atoms. The van der Waals surface area contributed by atoms with Gasteiger partial charge >= 0.3 is 0 Å². The predicted molar refractivity (Wildman–Crippen MR) is 117 cm³/mol. The second-order valence-corrected chi connectivity index (χ2v) is 7.96. The van der Waals surface area contributed by atoms with Gasteiger partial charge in [0.2, 0.25) is 0 Å². The van der Waals surface area contributed by atoms with E-state index in [-0.39, 0.29) is 0 Å². The molecule has 7 nitrogen and oxygen atoms in total. The molecular weight excluding hydrogens is 374 g/mol. The lowest BCUT2D eigenvalue weighted by atomic mass is 10.0. The number of anilines is 3. The SMILES string of the molecule is c1ccc(C2CCCN2c2cnc3c(N4CCCc5ncccc54)n[nH]c3n2)cc1. The molecule has 1 aromatic carbocycles. The van der Waals surface area contributed by atoms with Gasteiger partial charge in [0.1, 0.15) is 5.82 Å². The minimum absolute atomic E-state index is 0.348. The molecule has 3 aromatic heterocycles. The van der Waals surface area contributed by atoms with Crippen molar-refractivity contribution in [2.45, 2.75) is 31.7 Å². The molecule has 6 rings (SSSR count). The number of rotatable bonds is 3. The van der Waals surface area contributed by atoms with Crippen molar-refractivity contribution in [3.8, 4) is 0 Å². The summed E-state index contributed by atoms with van der Waals surface area (Å²) in [7, 11) is 0. The monoisotopic (exact) mass is 397 g/mol. The van der Waals surface area contributed by atoms with E-state index in [4.69, 9.17) is 9.97 Å². The molecule has 0 amide bonds. The molecule has 30 heavy (non-hydrogen) atoms. The predicted octanol–water partition coefficient (Wildman–Crippen LogP) is 4.17. The first-order valence-electron chi connectivity index (χ1n) is 10.6. The highest BCUT2D eigenvalue weighted by molar-refractivity contribution is 5.87. The highest BCUT2D eigenvalue weighted by Crippen LogP contribution is 2.37. The van der Waals surface area contributed by atoms with Gasteiger partial charge in [-0.1, -0.05) is 30.3 Å². The number of pyridine rings is 1. The summed E-state index contributed by atoms with van der Waals surface area (Å²) in [5.74, 6) is 1.74. The number of aromatic amines is 1. The summed E-state index contributed by atoms with van der Waals surface area (Å²) in [6, 6.07) is 15.1. The Labute approximate surface area is 174 Å². The molecule has 150 valence electrons. The number of aromatic nitrogens is 5. The Morgan fingerprint density at radius 3 is 2.83 bits per heavy atom. The molecular formula is C23H23N7. The molecule has 0 saturated carbocycles. The van der Waals surface area contributed by atoms with Gasteiger partial charge in [-0.05, 0) is 43.4 Å². The molecule has 1 atom stereocenters. The smallest absolute Gasteiger partial charge is 0.183 e. The largest absolute Gasteiger partial charge is 0.348 e. The minimum Gasteiger partial charge on any atom is -0.348 e. The lowest BCUT2D eigenvalue weighted by Crippen LogP contribution is -2.26. The lowest BCUT2D eigenvalue weighted by Gasteiger charge is -2.28. The second-order valence-electron chi connectivity index (χ2n) is 7.96. The van der Waals surface area contributed by atoms with E-state index in [1.165, 1.54) is 5.56 Å². The normalized spacial score (nSPS) is 18.7. The standard InChI is InChI=1S/C23H23N7/c1-2-7-16(8-3-1)18-11-6-13-29(18)20-15-25-21-22(26-20)27-28-23(21)30-14-5-9-17-19(30)10-4-12-24-17/h1-4,7-8,10,12,15,18H,5-6,9,11,13-14H2,(H,26,27,28). The van der Waals surface area contributed by atoms with E-state index < -0.39 is 0 Å². The van der Waals surface area contributed by atoms with Crippen LogP contribution in [-0.2, 0) is 6.42 Å². The molecule has 1 unspecified atom stereocenters. The highest BCUT2D eigenvalue weighted by atomic mass is 15.3. The van der Waals surface area contributed by atoms with E-state index in [1.54, 1.807) is 0 Å². The van der Waals surface area contributed by atoms with Gasteiger partial charge in [0.25, 0.3) is 0 Å². The molecule has 4 aromatic rings. The summed E-state index contributed by atoms with van der Waals surface area (Å²) in [6.07, 6.45) is 8.10. The van der Waals surface area contributed by atoms with Crippen LogP contribution in [-0.4, -0.2) is 38.2 Å². The van der Waals surface area contributed by atoms with Crippen molar-refractivity contribution in [1.82, 2.24) is 25.1 Å². The van der Waals surface area contributed by atoms with Gasteiger partial charge < -0.3 is 9.80 Å². The second kappa shape index (κ2) is 7.09. The number of hydrogen-bond acceptors (Lipinski definition) is 6. The van der Waals surface area contributed by atoms with Gasteiger partial charge in [-0.2, -0.15) is 5.10 Å². The van der Waals surface area contributed by atoms with Crippen LogP contribution in [0.4, 0.5) is 17.3 Å². The van der Waals surface area contributed by atoms with Gasteiger partial charge in [-0.15, -0.1) is 0 Å². The van der Waals surface area contributed by atoms with Crippen LogP contribution in [0.25, 0.3) is 11.2 Å². The van der Waals surface area contributed by atoms with Gasteiger partial charge in [-0.3, -0.25) is 10.1 Å². The fourth-order valence-corrected chi connectivity index (χ4v) is 4.78. The zero-order valence-electron chi connectivity index (χ0n) is 16.7. The first kappa shape index (κ1) is 17.4. The van der Waals surface area contributed by atoms with Crippen LogP contribution in [0.15, 0.2) is 54.9 Å². The molecule has 2 aliphatic heterocycles. The van der Waals surface area contributed by atoms with Crippen molar-refractivity contribution in [3.63, 3.8) is 0 Å². The van der Waals surface area contributed by atoms with Crippen molar-refractivity contribution in [1.29, 1.82) is 0 Å². The number of nitrogens with zero attached hydrogens (tertiary/aromatic N) is 6. The molecule has 1 N–H and O–H groups in total. The third-order valence-electron chi connectivity index (χ3n) is 6.18. The fraction of sp³-hybridized carbons (Fsp3) is 0.304. The average molecular weight is 397 g/mol. The maximum atomic E-state index is 4.91. The third kappa shape index (κ3) is 2.81. The maximum Gasteiger partial charge on any atom is 0.183 e. The molecule has 7 heteroatoms. The van der Waals surface area contributed by atoms with Gasteiger partial charge in [0.15, 0.2) is 17.0 Å². The fourth-order valence-electron chi connectivity index (χ4n) is 4.78. The van der Waals surface area contributed by atoms with Crippen LogP contribution in [0.3, 0.4) is 0 Å². The first-order chi connectivity index (χ1) is 14.9. The van der Waals surface area contributed by atoms with E-state index in [0.29, 0.717) is 6.04 Å². The van der Waals surface area contributed by atoms with Crippen molar-refractivity contribution in [2.75, 3.05) is 22.9 Å². The number of H-pyrrole nitrogens is 1. The summed E-state index contributed by atoms with van der Waals surface area (Å²) < 4.78 is 0. The summed E-state index contributed by atoms with van der Waals surface area (Å²) in [4.78, 5) is 18.8. The molecule has 0 radical (unpaired) electrons. The van der Waals surface area contributed by atoms with Crippen LogP contribution in [0.5, 0.6) is 0 Å². The van der Waals surface area contributed by atoms with Crippen LogP contribution in [0, 0.1) is 0 Å². The van der Waals surface area contributed by atoms with Crippen molar-refractivity contribution < 1.29 is 0 Å². The quantitative estimate of drug-likeness (QED) is 0.559. The van der Waals surface area contributed by atoms with Crippen LogP contribution >= 0.6 is 0 Å². The van der Waals surface area contributed by atoms with Gasteiger partial charge in [0.05, 0.1) is 23.6 Å². The highest BCUT2D eigenvalue weighted by Gasteiger charge is 2.29. The number of fused-ring (bicyclic) bond motifs is 2. The molecule has 2 aliphatic rings. The number of nitrogens with one attached hydrogen (secondary N) is 1. The zero-order valence-corrected chi connectivity index (χ0v) is 16.7. The Hall–Kier alpha value is -3.48. The maximum absolute atomic E-state index is 4.91. The number of benzene rings is 1. The summed E-state index contributed by atoms with van der Waals surface area (Å²) in [5, 5.41) is 7.71.